The Balaban J connectivity index is 2.08. The first-order valence-electron chi connectivity index (χ1n) is 6.33. The summed E-state index contributed by atoms with van der Waals surface area (Å²) >= 11 is 3.47. The first-order valence-corrected chi connectivity index (χ1v) is 7.12. The van der Waals surface area contributed by atoms with Crippen LogP contribution < -0.4 is 5.32 Å². The van der Waals surface area contributed by atoms with Crippen molar-refractivity contribution in [1.29, 1.82) is 0 Å². The highest BCUT2D eigenvalue weighted by atomic mass is 79.9. The van der Waals surface area contributed by atoms with Crippen LogP contribution in [0.3, 0.4) is 0 Å². The van der Waals surface area contributed by atoms with Gasteiger partial charge in [-0.05, 0) is 49.2 Å². The largest absolute Gasteiger partial charge is 0.304 e. The Bertz CT molecular complexity index is 506. The van der Waals surface area contributed by atoms with Crippen LogP contribution in [0.4, 0.5) is 4.39 Å². The van der Waals surface area contributed by atoms with E-state index in [0.29, 0.717) is 0 Å². The van der Waals surface area contributed by atoms with Crippen molar-refractivity contribution in [3.05, 3.63) is 69.9 Å². The topological polar surface area (TPSA) is 12.0 Å². The molecular weight excluding hydrogens is 305 g/mol. The van der Waals surface area contributed by atoms with Crippen molar-refractivity contribution >= 4 is 15.9 Å². The van der Waals surface area contributed by atoms with Gasteiger partial charge in [0.15, 0.2) is 0 Å². The molecular formula is C16H17BrFN. The quantitative estimate of drug-likeness (QED) is 0.835. The standard InChI is InChI=1S/C16H17BrFN/c1-11(13-5-3-7-15(17)9-13)19-12(2)14-6-4-8-16(18)10-14/h3-12,19H,1-2H3/t11-,12?/m1/s1. The summed E-state index contributed by atoms with van der Waals surface area (Å²) in [4.78, 5) is 0. The number of rotatable bonds is 4. The molecule has 0 heterocycles. The van der Waals surface area contributed by atoms with Gasteiger partial charge in [-0.15, -0.1) is 0 Å². The second-order valence-corrected chi connectivity index (χ2v) is 5.64. The molecule has 19 heavy (non-hydrogen) atoms. The van der Waals surface area contributed by atoms with E-state index in [1.54, 1.807) is 12.1 Å². The van der Waals surface area contributed by atoms with E-state index < -0.39 is 0 Å². The van der Waals surface area contributed by atoms with Gasteiger partial charge in [0.1, 0.15) is 5.82 Å². The first kappa shape index (κ1) is 14.2. The van der Waals surface area contributed by atoms with Gasteiger partial charge in [0.05, 0.1) is 0 Å². The summed E-state index contributed by atoms with van der Waals surface area (Å²) in [5.41, 5.74) is 2.17. The van der Waals surface area contributed by atoms with Crippen LogP contribution in [0.1, 0.15) is 37.1 Å². The molecule has 0 saturated carbocycles. The van der Waals surface area contributed by atoms with Crippen molar-refractivity contribution in [1.82, 2.24) is 5.32 Å². The van der Waals surface area contributed by atoms with Crippen LogP contribution in [0.5, 0.6) is 0 Å². The minimum Gasteiger partial charge on any atom is -0.304 e. The molecule has 0 amide bonds. The lowest BCUT2D eigenvalue weighted by molar-refractivity contribution is 0.492. The zero-order chi connectivity index (χ0) is 13.8. The van der Waals surface area contributed by atoms with Gasteiger partial charge in [0.25, 0.3) is 0 Å². The molecule has 0 aliphatic rings. The summed E-state index contributed by atoms with van der Waals surface area (Å²) < 4.78 is 14.3. The fourth-order valence-electron chi connectivity index (χ4n) is 2.12. The highest BCUT2D eigenvalue weighted by Gasteiger charge is 2.11. The van der Waals surface area contributed by atoms with Crippen molar-refractivity contribution in [2.75, 3.05) is 0 Å². The van der Waals surface area contributed by atoms with Crippen molar-refractivity contribution < 1.29 is 4.39 Å². The summed E-state index contributed by atoms with van der Waals surface area (Å²) in [6.07, 6.45) is 0. The Kier molecular flexibility index (Phi) is 4.72. The molecule has 1 nitrogen and oxygen atoms in total. The number of nitrogens with one attached hydrogen (secondary N) is 1. The molecule has 3 heteroatoms. The van der Waals surface area contributed by atoms with E-state index in [1.165, 1.54) is 11.6 Å². The van der Waals surface area contributed by atoms with Gasteiger partial charge in [-0.1, -0.05) is 40.2 Å². The number of hydrogen-bond acceptors (Lipinski definition) is 1. The molecule has 2 atom stereocenters. The predicted molar refractivity (Wildman–Crippen MR) is 80.5 cm³/mol. The Morgan fingerprint density at radius 2 is 1.53 bits per heavy atom. The van der Waals surface area contributed by atoms with Crippen LogP contribution in [0.15, 0.2) is 53.0 Å². The lowest BCUT2D eigenvalue weighted by Crippen LogP contribution is -2.22. The average molecular weight is 322 g/mol. The molecule has 0 spiro atoms. The van der Waals surface area contributed by atoms with Gasteiger partial charge in [-0.3, -0.25) is 0 Å². The lowest BCUT2D eigenvalue weighted by Gasteiger charge is -2.21. The first-order chi connectivity index (χ1) is 9.06. The Morgan fingerprint density at radius 3 is 2.11 bits per heavy atom. The van der Waals surface area contributed by atoms with Gasteiger partial charge in [0.2, 0.25) is 0 Å². The van der Waals surface area contributed by atoms with E-state index in [-0.39, 0.29) is 17.9 Å². The van der Waals surface area contributed by atoms with Gasteiger partial charge in [0, 0.05) is 16.6 Å². The number of halogens is 2. The second-order valence-electron chi connectivity index (χ2n) is 4.72. The molecule has 0 aromatic heterocycles. The van der Waals surface area contributed by atoms with E-state index in [2.05, 4.69) is 40.3 Å². The van der Waals surface area contributed by atoms with E-state index in [4.69, 9.17) is 0 Å². The molecule has 0 aliphatic heterocycles. The van der Waals surface area contributed by atoms with E-state index in [9.17, 15) is 4.39 Å². The molecule has 0 radical (unpaired) electrons. The van der Waals surface area contributed by atoms with Gasteiger partial charge >= 0.3 is 0 Å². The maximum atomic E-state index is 13.2. The smallest absolute Gasteiger partial charge is 0.123 e. The Hall–Kier alpha value is -1.19. The molecule has 0 fully saturated rings. The predicted octanol–water partition coefficient (Wildman–Crippen LogP) is 5.00. The van der Waals surface area contributed by atoms with Crippen LogP contribution >= 0.6 is 15.9 Å². The van der Waals surface area contributed by atoms with E-state index in [0.717, 1.165) is 10.0 Å². The van der Waals surface area contributed by atoms with Crippen LogP contribution in [0, 0.1) is 5.82 Å². The van der Waals surface area contributed by atoms with Crippen molar-refractivity contribution in [2.45, 2.75) is 25.9 Å². The number of hydrogen-bond donors (Lipinski definition) is 1. The summed E-state index contributed by atoms with van der Waals surface area (Å²) in [5.74, 6) is -0.193. The van der Waals surface area contributed by atoms with Gasteiger partial charge in [-0.2, -0.15) is 0 Å². The van der Waals surface area contributed by atoms with Crippen LogP contribution in [-0.4, -0.2) is 0 Å². The van der Waals surface area contributed by atoms with E-state index in [1.807, 2.05) is 25.1 Å². The lowest BCUT2D eigenvalue weighted by atomic mass is 10.0. The zero-order valence-electron chi connectivity index (χ0n) is 11.0. The SMILES string of the molecule is CC(N[C@H](C)c1cccc(Br)c1)c1cccc(F)c1. The third-order valence-electron chi connectivity index (χ3n) is 3.20. The van der Waals surface area contributed by atoms with Crippen LogP contribution in [0.25, 0.3) is 0 Å². The minimum atomic E-state index is -0.193. The summed E-state index contributed by atoms with van der Waals surface area (Å²) in [6.45, 7) is 4.15. The minimum absolute atomic E-state index is 0.102. The van der Waals surface area contributed by atoms with Crippen molar-refractivity contribution in [3.8, 4) is 0 Å². The molecule has 0 bridgehead atoms. The molecule has 2 rings (SSSR count). The molecule has 2 aromatic rings. The van der Waals surface area contributed by atoms with Crippen molar-refractivity contribution in [3.63, 3.8) is 0 Å². The van der Waals surface area contributed by atoms with Crippen molar-refractivity contribution in [2.24, 2.45) is 0 Å². The Morgan fingerprint density at radius 1 is 0.947 bits per heavy atom. The Labute approximate surface area is 122 Å². The molecule has 2 aromatic carbocycles. The van der Waals surface area contributed by atoms with E-state index >= 15 is 0 Å². The monoisotopic (exact) mass is 321 g/mol. The number of benzene rings is 2. The zero-order valence-corrected chi connectivity index (χ0v) is 12.6. The maximum absolute atomic E-state index is 13.2. The summed E-state index contributed by atoms with van der Waals surface area (Å²) in [6, 6.07) is 15.2. The molecule has 0 aliphatic carbocycles. The molecule has 0 saturated heterocycles. The van der Waals surface area contributed by atoms with Crippen LogP contribution in [-0.2, 0) is 0 Å². The van der Waals surface area contributed by atoms with Gasteiger partial charge in [-0.25, -0.2) is 4.39 Å². The maximum Gasteiger partial charge on any atom is 0.123 e. The van der Waals surface area contributed by atoms with Crippen LogP contribution in [0.2, 0.25) is 0 Å². The summed E-state index contributed by atoms with van der Waals surface area (Å²) in [7, 11) is 0. The molecule has 100 valence electrons. The third kappa shape index (κ3) is 3.88. The molecule has 1 unspecified atom stereocenters. The highest BCUT2D eigenvalue weighted by Crippen LogP contribution is 2.22. The molecule has 1 N–H and O–H groups in total. The second kappa shape index (κ2) is 6.31. The fourth-order valence-corrected chi connectivity index (χ4v) is 2.54. The third-order valence-corrected chi connectivity index (χ3v) is 3.69. The normalized spacial score (nSPS) is 14.1. The fraction of sp³-hybridized carbons (Fsp3) is 0.250. The highest BCUT2D eigenvalue weighted by molar-refractivity contribution is 9.10. The summed E-state index contributed by atoms with van der Waals surface area (Å²) in [5, 5.41) is 3.48. The van der Waals surface area contributed by atoms with Gasteiger partial charge < -0.3 is 5.32 Å². The average Bonchev–Trinajstić information content (AvgIpc) is 2.38.